The predicted octanol–water partition coefficient (Wildman–Crippen LogP) is 3.30. The fourth-order valence-electron chi connectivity index (χ4n) is 1.54. The number of urea groups is 1. The largest absolute Gasteiger partial charge is 0.322 e. The van der Waals surface area contributed by atoms with Crippen LogP contribution < -0.4 is 5.32 Å². The molecule has 1 heterocycles. The van der Waals surface area contributed by atoms with Crippen molar-refractivity contribution in [2.75, 3.05) is 23.5 Å². The zero-order valence-electron chi connectivity index (χ0n) is 9.00. The molecular formula is C11H13BrN2OS. The van der Waals surface area contributed by atoms with Gasteiger partial charge in [0.05, 0.1) is 5.88 Å². The monoisotopic (exact) mass is 300 g/mol. The third-order valence-electron chi connectivity index (χ3n) is 2.47. The van der Waals surface area contributed by atoms with Crippen LogP contribution in [-0.4, -0.2) is 29.1 Å². The molecule has 0 atom stereocenters. The van der Waals surface area contributed by atoms with E-state index in [0.717, 1.165) is 33.9 Å². The highest BCUT2D eigenvalue weighted by atomic mass is 79.9. The second kappa shape index (κ2) is 5.10. The molecule has 0 aliphatic carbocycles. The molecule has 16 heavy (non-hydrogen) atoms. The average molecular weight is 301 g/mol. The van der Waals surface area contributed by atoms with E-state index in [1.807, 2.05) is 30.0 Å². The maximum absolute atomic E-state index is 11.8. The number of carbonyl (C=O) groups is 1. The Labute approximate surface area is 108 Å². The minimum Gasteiger partial charge on any atom is -0.314 e. The van der Waals surface area contributed by atoms with Crippen LogP contribution in [-0.2, 0) is 0 Å². The van der Waals surface area contributed by atoms with Gasteiger partial charge in [0.25, 0.3) is 0 Å². The number of anilines is 1. The molecule has 1 aromatic rings. The molecule has 86 valence electrons. The smallest absolute Gasteiger partial charge is 0.314 e. The molecular weight excluding hydrogens is 288 g/mol. The SMILES string of the molecule is Cc1cc(Br)ccc1NC(=O)N1CCSC1. The first kappa shape index (κ1) is 11.8. The number of aryl methyl sites for hydroxylation is 1. The van der Waals surface area contributed by atoms with Gasteiger partial charge in [-0.05, 0) is 30.7 Å². The van der Waals surface area contributed by atoms with E-state index in [-0.39, 0.29) is 6.03 Å². The summed E-state index contributed by atoms with van der Waals surface area (Å²) in [5, 5.41) is 2.93. The Hall–Kier alpha value is -0.680. The van der Waals surface area contributed by atoms with Crippen molar-refractivity contribution < 1.29 is 4.79 Å². The number of rotatable bonds is 1. The van der Waals surface area contributed by atoms with Crippen molar-refractivity contribution in [3.8, 4) is 0 Å². The summed E-state index contributed by atoms with van der Waals surface area (Å²) < 4.78 is 1.03. The fourth-order valence-corrected chi connectivity index (χ4v) is 2.96. The molecule has 1 aliphatic rings. The molecule has 5 heteroatoms. The van der Waals surface area contributed by atoms with E-state index in [9.17, 15) is 4.79 Å². The number of thioether (sulfide) groups is 1. The topological polar surface area (TPSA) is 32.3 Å². The minimum atomic E-state index is -0.00424. The molecule has 2 amide bonds. The van der Waals surface area contributed by atoms with E-state index in [1.54, 1.807) is 11.8 Å². The van der Waals surface area contributed by atoms with Gasteiger partial charge >= 0.3 is 6.03 Å². The highest BCUT2D eigenvalue weighted by Crippen LogP contribution is 2.21. The molecule has 2 rings (SSSR count). The predicted molar refractivity (Wildman–Crippen MR) is 71.9 cm³/mol. The maximum atomic E-state index is 11.8. The first-order chi connectivity index (χ1) is 7.66. The molecule has 1 N–H and O–H groups in total. The van der Waals surface area contributed by atoms with Crippen LogP contribution in [0.1, 0.15) is 5.56 Å². The summed E-state index contributed by atoms with van der Waals surface area (Å²) in [5.41, 5.74) is 1.94. The average Bonchev–Trinajstić information content (AvgIpc) is 2.75. The van der Waals surface area contributed by atoms with E-state index < -0.39 is 0 Å². The van der Waals surface area contributed by atoms with Crippen molar-refractivity contribution in [3.05, 3.63) is 28.2 Å². The summed E-state index contributed by atoms with van der Waals surface area (Å²) >= 11 is 5.19. The number of halogens is 1. The molecule has 1 saturated heterocycles. The Morgan fingerprint density at radius 3 is 3.00 bits per heavy atom. The van der Waals surface area contributed by atoms with Crippen molar-refractivity contribution in [1.29, 1.82) is 0 Å². The summed E-state index contributed by atoms with van der Waals surface area (Å²) in [6, 6.07) is 5.84. The van der Waals surface area contributed by atoms with E-state index in [2.05, 4.69) is 21.2 Å². The molecule has 0 spiro atoms. The third kappa shape index (κ3) is 2.71. The van der Waals surface area contributed by atoms with Gasteiger partial charge in [0, 0.05) is 22.5 Å². The molecule has 1 aromatic carbocycles. The molecule has 0 bridgehead atoms. The molecule has 0 unspecified atom stereocenters. The van der Waals surface area contributed by atoms with Crippen LogP contribution in [0.3, 0.4) is 0 Å². The van der Waals surface area contributed by atoms with Crippen molar-refractivity contribution in [2.45, 2.75) is 6.92 Å². The Kier molecular flexibility index (Phi) is 3.76. The lowest BCUT2D eigenvalue weighted by atomic mass is 10.2. The molecule has 3 nitrogen and oxygen atoms in total. The van der Waals surface area contributed by atoms with Gasteiger partial charge in [0.2, 0.25) is 0 Å². The Bertz CT molecular complexity index is 405. The standard InChI is InChI=1S/C11H13BrN2OS/c1-8-6-9(12)2-3-10(8)13-11(15)14-4-5-16-7-14/h2-3,6H,4-5,7H2,1H3,(H,13,15). The van der Waals surface area contributed by atoms with Crippen LogP contribution in [0.5, 0.6) is 0 Å². The number of carbonyl (C=O) groups excluding carboxylic acids is 1. The number of benzene rings is 1. The van der Waals surface area contributed by atoms with Crippen LogP contribution >= 0.6 is 27.7 Å². The number of hydrogen-bond acceptors (Lipinski definition) is 2. The molecule has 1 aliphatic heterocycles. The third-order valence-corrected chi connectivity index (χ3v) is 3.93. The van der Waals surface area contributed by atoms with Crippen molar-refractivity contribution in [2.24, 2.45) is 0 Å². The van der Waals surface area contributed by atoms with Gasteiger partial charge < -0.3 is 10.2 Å². The highest BCUT2D eigenvalue weighted by molar-refractivity contribution is 9.10. The van der Waals surface area contributed by atoms with Gasteiger partial charge in [-0.1, -0.05) is 15.9 Å². The number of nitrogens with zero attached hydrogens (tertiary/aromatic N) is 1. The van der Waals surface area contributed by atoms with Crippen LogP contribution in [0, 0.1) is 6.92 Å². The molecule has 0 radical (unpaired) electrons. The summed E-state index contributed by atoms with van der Waals surface area (Å²) in [6.07, 6.45) is 0. The lowest BCUT2D eigenvalue weighted by molar-refractivity contribution is 0.225. The summed E-state index contributed by atoms with van der Waals surface area (Å²) in [7, 11) is 0. The van der Waals surface area contributed by atoms with Crippen molar-refractivity contribution in [3.63, 3.8) is 0 Å². The quantitative estimate of drug-likeness (QED) is 0.863. The van der Waals surface area contributed by atoms with Crippen LogP contribution in [0.4, 0.5) is 10.5 Å². The molecule has 0 aromatic heterocycles. The fraction of sp³-hybridized carbons (Fsp3) is 0.364. The minimum absolute atomic E-state index is 0.00424. The van der Waals surface area contributed by atoms with E-state index in [0.29, 0.717) is 0 Å². The van der Waals surface area contributed by atoms with Crippen molar-refractivity contribution in [1.82, 2.24) is 4.90 Å². The van der Waals surface area contributed by atoms with Crippen molar-refractivity contribution >= 4 is 39.4 Å². The number of hydrogen-bond donors (Lipinski definition) is 1. The molecule has 1 fully saturated rings. The maximum Gasteiger partial charge on any atom is 0.322 e. The Balaban J connectivity index is 2.05. The first-order valence-corrected chi connectivity index (χ1v) is 7.01. The summed E-state index contributed by atoms with van der Waals surface area (Å²) in [4.78, 5) is 13.7. The van der Waals surface area contributed by atoms with Gasteiger partial charge in [0.1, 0.15) is 0 Å². The highest BCUT2D eigenvalue weighted by Gasteiger charge is 2.18. The van der Waals surface area contributed by atoms with Gasteiger partial charge in [-0.25, -0.2) is 4.79 Å². The lowest BCUT2D eigenvalue weighted by Gasteiger charge is -2.16. The molecule has 0 saturated carbocycles. The lowest BCUT2D eigenvalue weighted by Crippen LogP contribution is -2.32. The first-order valence-electron chi connectivity index (χ1n) is 5.06. The summed E-state index contributed by atoms with van der Waals surface area (Å²) in [6.45, 7) is 2.82. The summed E-state index contributed by atoms with van der Waals surface area (Å²) in [5.74, 6) is 1.83. The van der Waals surface area contributed by atoms with Gasteiger partial charge in [-0.2, -0.15) is 0 Å². The van der Waals surface area contributed by atoms with Gasteiger partial charge in [-0.3, -0.25) is 0 Å². The zero-order chi connectivity index (χ0) is 11.5. The van der Waals surface area contributed by atoms with E-state index >= 15 is 0 Å². The van der Waals surface area contributed by atoms with Crippen LogP contribution in [0.15, 0.2) is 22.7 Å². The normalized spacial score (nSPS) is 15.2. The second-order valence-electron chi connectivity index (χ2n) is 3.69. The van der Waals surface area contributed by atoms with Gasteiger partial charge in [0.15, 0.2) is 0 Å². The van der Waals surface area contributed by atoms with E-state index in [1.165, 1.54) is 0 Å². The Morgan fingerprint density at radius 1 is 1.56 bits per heavy atom. The van der Waals surface area contributed by atoms with E-state index in [4.69, 9.17) is 0 Å². The zero-order valence-corrected chi connectivity index (χ0v) is 11.4. The second-order valence-corrected chi connectivity index (χ2v) is 5.68. The van der Waals surface area contributed by atoms with Crippen LogP contribution in [0.25, 0.3) is 0 Å². The van der Waals surface area contributed by atoms with Crippen LogP contribution in [0.2, 0.25) is 0 Å². The number of amides is 2. The Morgan fingerprint density at radius 2 is 2.38 bits per heavy atom. The van der Waals surface area contributed by atoms with Gasteiger partial charge in [-0.15, -0.1) is 11.8 Å². The number of nitrogens with one attached hydrogen (secondary N) is 1.